The molecule has 0 spiro atoms. The molecule has 1 N–H and O–H groups in total. The van der Waals surface area contributed by atoms with E-state index in [2.05, 4.69) is 60.1 Å². The van der Waals surface area contributed by atoms with Crippen molar-refractivity contribution in [3.05, 3.63) is 0 Å². The molecular formula is C30H63O5P. The minimum Gasteiger partial charge on any atom is -0.285 e. The molecule has 0 rings (SSSR count). The minimum atomic E-state index is -3.91. The summed E-state index contributed by atoms with van der Waals surface area (Å²) in [5.74, 6) is 3.63. The van der Waals surface area contributed by atoms with Crippen molar-refractivity contribution in [2.45, 2.75) is 145 Å². The maximum atomic E-state index is 12.6. The molecule has 0 aromatic rings. The zero-order chi connectivity index (χ0) is 27.4. The average Bonchev–Trinajstić information content (AvgIpc) is 2.86. The van der Waals surface area contributed by atoms with E-state index in [0.717, 1.165) is 49.4 Å². The summed E-state index contributed by atoms with van der Waals surface area (Å²) >= 11 is 0. The summed E-state index contributed by atoms with van der Waals surface area (Å²) < 4.78 is 27.7. The van der Waals surface area contributed by atoms with E-state index in [-0.39, 0.29) is 25.0 Å². The van der Waals surface area contributed by atoms with Gasteiger partial charge >= 0.3 is 7.82 Å². The summed E-state index contributed by atoms with van der Waals surface area (Å²) in [6.07, 6.45) is 17.1. The summed E-state index contributed by atoms with van der Waals surface area (Å²) in [6, 6.07) is 0. The Morgan fingerprint density at radius 1 is 0.528 bits per heavy atom. The second-order valence-electron chi connectivity index (χ2n) is 12.3. The van der Waals surface area contributed by atoms with Crippen LogP contribution in [0.25, 0.3) is 0 Å². The Hall–Kier alpha value is 0.0700. The Kier molecular flexibility index (Phi) is 22.0. The monoisotopic (exact) mass is 534 g/mol. The van der Waals surface area contributed by atoms with E-state index in [9.17, 15) is 9.82 Å². The van der Waals surface area contributed by atoms with E-state index in [1.807, 2.05) is 0 Å². The van der Waals surface area contributed by atoms with Gasteiger partial charge in [0.1, 0.15) is 0 Å². The Balaban J connectivity index is 4.03. The Morgan fingerprint density at radius 2 is 0.806 bits per heavy atom. The third kappa shape index (κ3) is 20.1. The summed E-state index contributed by atoms with van der Waals surface area (Å²) in [6.45, 7) is 18.6. The van der Waals surface area contributed by atoms with Gasteiger partial charge < -0.3 is 0 Å². The van der Waals surface area contributed by atoms with Crippen LogP contribution >= 0.6 is 7.82 Å². The Morgan fingerprint density at radius 3 is 1.08 bits per heavy atom. The molecule has 0 aliphatic carbocycles. The molecule has 0 aromatic heterocycles. The first kappa shape index (κ1) is 36.1. The van der Waals surface area contributed by atoms with Gasteiger partial charge in [0.2, 0.25) is 0 Å². The molecule has 5 nitrogen and oxygen atoms in total. The van der Waals surface area contributed by atoms with Crippen LogP contribution in [0.15, 0.2) is 0 Å². The molecule has 218 valence electrons. The first-order valence-electron chi connectivity index (χ1n) is 15.3. The van der Waals surface area contributed by atoms with Gasteiger partial charge in [0.15, 0.2) is 0 Å². The van der Waals surface area contributed by atoms with Crippen LogP contribution in [0.3, 0.4) is 0 Å². The Bertz CT molecular complexity index is 501. The van der Waals surface area contributed by atoms with Gasteiger partial charge in [-0.2, -0.15) is 0 Å². The molecular weight excluding hydrogens is 471 g/mol. The van der Waals surface area contributed by atoms with Gasteiger partial charge in [0.05, 0.1) is 13.2 Å². The van der Waals surface area contributed by atoms with Crippen LogP contribution in [0, 0.1) is 35.5 Å². The van der Waals surface area contributed by atoms with Crippen LogP contribution in [0.1, 0.15) is 145 Å². The van der Waals surface area contributed by atoms with Gasteiger partial charge in [-0.15, -0.1) is 4.67 Å². The van der Waals surface area contributed by atoms with Crippen LogP contribution in [0.2, 0.25) is 0 Å². The molecule has 0 aliphatic rings. The molecule has 0 amide bonds. The molecule has 6 unspecified atom stereocenters. The molecule has 0 saturated heterocycles. The second-order valence-corrected chi connectivity index (χ2v) is 13.9. The predicted octanol–water partition coefficient (Wildman–Crippen LogP) is 10.9. The zero-order valence-corrected chi connectivity index (χ0v) is 26.2. The zero-order valence-electron chi connectivity index (χ0n) is 25.3. The highest BCUT2D eigenvalue weighted by Crippen LogP contribution is 2.49. The Labute approximate surface area is 225 Å². The lowest BCUT2D eigenvalue weighted by atomic mass is 9.93. The molecule has 0 aliphatic heterocycles. The molecule has 6 atom stereocenters. The number of hydrogen-bond donors (Lipinski definition) is 1. The summed E-state index contributed by atoms with van der Waals surface area (Å²) in [4.78, 5) is 0. The van der Waals surface area contributed by atoms with Crippen LogP contribution in [0.5, 0.6) is 0 Å². The van der Waals surface area contributed by atoms with E-state index >= 15 is 0 Å². The molecule has 0 radical (unpaired) electrons. The highest BCUT2D eigenvalue weighted by Gasteiger charge is 2.28. The normalized spacial score (nSPS) is 18.8. The second kappa shape index (κ2) is 21.9. The largest absolute Gasteiger partial charge is 0.501 e. The maximum Gasteiger partial charge on any atom is 0.501 e. The van der Waals surface area contributed by atoms with Crippen LogP contribution < -0.4 is 0 Å². The number of rotatable bonds is 25. The summed E-state index contributed by atoms with van der Waals surface area (Å²) in [5, 5.41) is 9.17. The topological polar surface area (TPSA) is 65.0 Å². The smallest absolute Gasteiger partial charge is 0.285 e. The maximum absolute atomic E-state index is 12.6. The number of phosphoric acid groups is 1. The highest BCUT2D eigenvalue weighted by atomic mass is 31.2. The molecule has 0 fully saturated rings. The van der Waals surface area contributed by atoms with Crippen molar-refractivity contribution in [3.63, 3.8) is 0 Å². The number of phosphoric ester groups is 1. The highest BCUT2D eigenvalue weighted by molar-refractivity contribution is 7.48. The van der Waals surface area contributed by atoms with Crippen LogP contribution in [-0.4, -0.2) is 18.5 Å². The number of hydrogen-bond acceptors (Lipinski definition) is 5. The molecule has 0 heterocycles. The van der Waals surface area contributed by atoms with E-state index in [1.54, 1.807) is 0 Å². The van der Waals surface area contributed by atoms with Crippen LogP contribution in [0.4, 0.5) is 0 Å². The van der Waals surface area contributed by atoms with Gasteiger partial charge in [-0.1, -0.05) is 132 Å². The van der Waals surface area contributed by atoms with Gasteiger partial charge in [-0.25, -0.2) is 9.82 Å². The lowest BCUT2D eigenvalue weighted by Crippen LogP contribution is -2.11. The fourth-order valence-electron chi connectivity index (χ4n) is 4.64. The summed E-state index contributed by atoms with van der Waals surface area (Å²) in [5.41, 5.74) is 0. The average molecular weight is 535 g/mol. The van der Waals surface area contributed by atoms with Gasteiger partial charge in [-0.05, 0) is 48.3 Å². The molecule has 0 aromatic carbocycles. The van der Waals surface area contributed by atoms with Crippen molar-refractivity contribution < 1.29 is 23.5 Å². The van der Waals surface area contributed by atoms with Crippen molar-refractivity contribution in [2.24, 2.45) is 35.5 Å². The molecule has 36 heavy (non-hydrogen) atoms. The molecule has 6 heteroatoms. The van der Waals surface area contributed by atoms with Crippen molar-refractivity contribution in [1.82, 2.24) is 0 Å². The molecule has 0 saturated carbocycles. The van der Waals surface area contributed by atoms with E-state index in [0.29, 0.717) is 0 Å². The lowest BCUT2D eigenvalue weighted by molar-refractivity contribution is -0.168. The van der Waals surface area contributed by atoms with E-state index in [4.69, 9.17) is 9.05 Å². The van der Waals surface area contributed by atoms with Gasteiger partial charge in [-0.3, -0.25) is 9.05 Å². The van der Waals surface area contributed by atoms with Crippen molar-refractivity contribution in [1.29, 1.82) is 0 Å². The first-order valence-corrected chi connectivity index (χ1v) is 16.7. The standard InChI is InChI=1S/C30H63O5P/c1-9-25(3)15-11-17-27(5)19-13-21-29(7)23-33-36(32,35-31)34-24-30(8)22-14-20-28(6)18-12-16-26(4)10-2/h25-31H,9-24H2,1-8H3. The van der Waals surface area contributed by atoms with E-state index < -0.39 is 7.82 Å². The fraction of sp³-hybridized carbons (Fsp3) is 1.00. The first-order chi connectivity index (χ1) is 17.0. The quantitative estimate of drug-likeness (QED) is 0.0716. The third-order valence-corrected chi connectivity index (χ3v) is 9.23. The van der Waals surface area contributed by atoms with Crippen molar-refractivity contribution in [3.8, 4) is 0 Å². The van der Waals surface area contributed by atoms with Crippen LogP contribution in [-0.2, 0) is 18.3 Å². The van der Waals surface area contributed by atoms with Gasteiger partial charge in [0, 0.05) is 0 Å². The lowest BCUT2D eigenvalue weighted by Gasteiger charge is -2.20. The minimum absolute atomic E-state index is 0.239. The fourth-order valence-corrected chi connectivity index (χ4v) is 5.69. The van der Waals surface area contributed by atoms with Crippen molar-refractivity contribution in [2.75, 3.05) is 13.2 Å². The van der Waals surface area contributed by atoms with E-state index in [1.165, 1.54) is 64.2 Å². The summed E-state index contributed by atoms with van der Waals surface area (Å²) in [7, 11) is -3.91. The third-order valence-electron chi connectivity index (χ3n) is 8.10. The van der Waals surface area contributed by atoms with Gasteiger partial charge in [0.25, 0.3) is 0 Å². The molecule has 0 bridgehead atoms. The van der Waals surface area contributed by atoms with Crippen molar-refractivity contribution >= 4 is 7.82 Å². The SMILES string of the molecule is CCC(C)CCCC(C)CCCC(C)COP(=O)(OO)OCC(C)CCCC(C)CCCC(C)CC. The predicted molar refractivity (Wildman–Crippen MR) is 154 cm³/mol.